The first-order valence-electron chi connectivity index (χ1n) is 7.32. The van der Waals surface area contributed by atoms with Gasteiger partial charge in [-0.05, 0) is 37.9 Å². The number of amides is 1. The van der Waals surface area contributed by atoms with Crippen LogP contribution in [0.4, 0.5) is 0 Å². The molecule has 2 atom stereocenters. The minimum atomic E-state index is -3.66. The van der Waals surface area contributed by atoms with E-state index in [0.717, 1.165) is 25.7 Å². The Morgan fingerprint density at radius 1 is 1.33 bits per heavy atom. The third-order valence-corrected chi connectivity index (χ3v) is 5.38. The summed E-state index contributed by atoms with van der Waals surface area (Å²) in [5.41, 5.74) is 0. The standard InChI is InChI=1S/C14H22N2O4S/c1-3-10-6-4-5-7-11(10)16-14(17)12-8-9-13(20-12)21(18,19)15-2/h8-11,15H,3-7H2,1-2H3,(H,16,17)/t10-,11-/m0/s1. The quantitative estimate of drug-likeness (QED) is 0.868. The summed E-state index contributed by atoms with van der Waals surface area (Å²) in [5, 5.41) is 2.73. The first-order chi connectivity index (χ1) is 9.97. The third kappa shape index (κ3) is 3.65. The molecule has 0 radical (unpaired) electrons. The highest BCUT2D eigenvalue weighted by Gasteiger charge is 2.27. The fourth-order valence-electron chi connectivity index (χ4n) is 2.81. The molecule has 0 aromatic carbocycles. The molecule has 0 aliphatic heterocycles. The Morgan fingerprint density at radius 2 is 2.05 bits per heavy atom. The lowest BCUT2D eigenvalue weighted by atomic mass is 9.83. The first kappa shape index (κ1) is 16.0. The van der Waals surface area contributed by atoms with Crippen LogP contribution >= 0.6 is 0 Å². The van der Waals surface area contributed by atoms with E-state index in [4.69, 9.17) is 4.42 Å². The van der Waals surface area contributed by atoms with Crippen LogP contribution in [0.5, 0.6) is 0 Å². The van der Waals surface area contributed by atoms with Gasteiger partial charge in [0.15, 0.2) is 5.76 Å². The monoisotopic (exact) mass is 314 g/mol. The van der Waals surface area contributed by atoms with E-state index in [9.17, 15) is 13.2 Å². The van der Waals surface area contributed by atoms with Crippen LogP contribution in [-0.4, -0.2) is 27.4 Å². The van der Waals surface area contributed by atoms with Crippen molar-refractivity contribution in [3.8, 4) is 0 Å². The maximum atomic E-state index is 12.2. The molecule has 1 saturated carbocycles. The number of nitrogens with one attached hydrogen (secondary N) is 2. The molecule has 21 heavy (non-hydrogen) atoms. The summed E-state index contributed by atoms with van der Waals surface area (Å²) in [6.07, 6.45) is 5.43. The van der Waals surface area contributed by atoms with Gasteiger partial charge in [-0.15, -0.1) is 0 Å². The van der Waals surface area contributed by atoms with E-state index in [-0.39, 0.29) is 22.8 Å². The largest absolute Gasteiger partial charge is 0.438 e. The maximum Gasteiger partial charge on any atom is 0.287 e. The van der Waals surface area contributed by atoms with Crippen LogP contribution in [0, 0.1) is 5.92 Å². The van der Waals surface area contributed by atoms with Crippen LogP contribution in [-0.2, 0) is 10.0 Å². The second-order valence-electron chi connectivity index (χ2n) is 5.36. The van der Waals surface area contributed by atoms with E-state index >= 15 is 0 Å². The summed E-state index contributed by atoms with van der Waals surface area (Å²) in [6.45, 7) is 2.12. The summed E-state index contributed by atoms with van der Waals surface area (Å²) in [4.78, 5) is 12.2. The fraction of sp³-hybridized carbons (Fsp3) is 0.643. The number of sulfonamides is 1. The van der Waals surface area contributed by atoms with Gasteiger partial charge >= 0.3 is 0 Å². The number of carbonyl (C=O) groups excluding carboxylic acids is 1. The topological polar surface area (TPSA) is 88.4 Å². The van der Waals surface area contributed by atoms with Crippen molar-refractivity contribution >= 4 is 15.9 Å². The van der Waals surface area contributed by atoms with Gasteiger partial charge in [-0.2, -0.15) is 0 Å². The Bertz CT molecular complexity index is 594. The average Bonchev–Trinajstić information content (AvgIpc) is 2.98. The summed E-state index contributed by atoms with van der Waals surface area (Å²) in [5.74, 6) is 0.167. The van der Waals surface area contributed by atoms with Gasteiger partial charge in [-0.1, -0.05) is 26.2 Å². The minimum absolute atomic E-state index is 0.0317. The maximum absolute atomic E-state index is 12.2. The number of carbonyl (C=O) groups is 1. The second kappa shape index (κ2) is 6.62. The van der Waals surface area contributed by atoms with Crippen molar-refractivity contribution < 1.29 is 17.6 Å². The van der Waals surface area contributed by atoms with Crippen LogP contribution in [0.25, 0.3) is 0 Å². The molecular formula is C14H22N2O4S. The van der Waals surface area contributed by atoms with Gasteiger partial charge in [0.25, 0.3) is 15.9 Å². The molecule has 1 aromatic heterocycles. The molecule has 0 bridgehead atoms. The second-order valence-corrected chi connectivity index (χ2v) is 7.18. The molecule has 0 saturated heterocycles. The summed E-state index contributed by atoms with van der Waals surface area (Å²) < 4.78 is 30.5. The molecule has 0 spiro atoms. The van der Waals surface area contributed by atoms with Gasteiger partial charge in [0.2, 0.25) is 5.09 Å². The molecule has 2 rings (SSSR count). The molecule has 6 nitrogen and oxygen atoms in total. The lowest BCUT2D eigenvalue weighted by Crippen LogP contribution is -2.41. The van der Waals surface area contributed by atoms with Crippen molar-refractivity contribution in [2.24, 2.45) is 5.92 Å². The Labute approximate surface area is 125 Å². The highest BCUT2D eigenvalue weighted by molar-refractivity contribution is 7.89. The number of hydrogen-bond donors (Lipinski definition) is 2. The zero-order valence-electron chi connectivity index (χ0n) is 12.4. The van der Waals surface area contributed by atoms with Crippen molar-refractivity contribution in [1.29, 1.82) is 0 Å². The van der Waals surface area contributed by atoms with E-state index in [1.54, 1.807) is 0 Å². The minimum Gasteiger partial charge on any atom is -0.438 e. The number of hydrogen-bond acceptors (Lipinski definition) is 4. The Hall–Kier alpha value is -1.34. The van der Waals surface area contributed by atoms with Crippen LogP contribution in [0.3, 0.4) is 0 Å². The molecule has 2 N–H and O–H groups in total. The predicted octanol–water partition coefficient (Wildman–Crippen LogP) is 1.89. The van der Waals surface area contributed by atoms with Crippen LogP contribution in [0.1, 0.15) is 49.6 Å². The summed E-state index contributed by atoms with van der Waals surface area (Å²) in [7, 11) is -2.36. The molecule has 118 valence electrons. The smallest absolute Gasteiger partial charge is 0.287 e. The average molecular weight is 314 g/mol. The van der Waals surface area contributed by atoms with Crippen LogP contribution < -0.4 is 10.0 Å². The van der Waals surface area contributed by atoms with Crippen molar-refractivity contribution in [3.63, 3.8) is 0 Å². The Balaban J connectivity index is 2.07. The Morgan fingerprint density at radius 3 is 2.71 bits per heavy atom. The van der Waals surface area contributed by atoms with Crippen molar-refractivity contribution in [2.45, 2.75) is 50.2 Å². The molecule has 0 unspecified atom stereocenters. The fourth-order valence-corrected chi connectivity index (χ4v) is 3.46. The molecule has 1 amide bonds. The normalized spacial score (nSPS) is 23.0. The number of furan rings is 1. The van der Waals surface area contributed by atoms with E-state index in [0.29, 0.717) is 5.92 Å². The lowest BCUT2D eigenvalue weighted by Gasteiger charge is -2.31. The van der Waals surface area contributed by atoms with Gasteiger partial charge in [0.05, 0.1) is 0 Å². The van der Waals surface area contributed by atoms with Crippen LogP contribution in [0.15, 0.2) is 21.6 Å². The summed E-state index contributed by atoms with van der Waals surface area (Å²) >= 11 is 0. The van der Waals surface area contributed by atoms with Crippen molar-refractivity contribution in [1.82, 2.24) is 10.0 Å². The molecule has 1 aliphatic rings. The van der Waals surface area contributed by atoms with Gasteiger partial charge in [0.1, 0.15) is 0 Å². The molecule has 1 heterocycles. The molecule has 7 heteroatoms. The first-order valence-corrected chi connectivity index (χ1v) is 8.80. The van der Waals surface area contributed by atoms with Gasteiger partial charge in [-0.3, -0.25) is 4.79 Å². The molecular weight excluding hydrogens is 292 g/mol. The van der Waals surface area contributed by atoms with E-state index in [2.05, 4.69) is 17.0 Å². The lowest BCUT2D eigenvalue weighted by molar-refractivity contribution is 0.0871. The van der Waals surface area contributed by atoms with E-state index < -0.39 is 10.0 Å². The zero-order valence-corrected chi connectivity index (χ0v) is 13.2. The third-order valence-electron chi connectivity index (χ3n) is 4.09. The van der Waals surface area contributed by atoms with Crippen molar-refractivity contribution in [2.75, 3.05) is 7.05 Å². The van der Waals surface area contributed by atoms with Crippen molar-refractivity contribution in [3.05, 3.63) is 17.9 Å². The van der Waals surface area contributed by atoms with E-state index in [1.165, 1.54) is 25.6 Å². The summed E-state index contributed by atoms with van der Waals surface area (Å²) in [6, 6.07) is 2.83. The molecule has 1 fully saturated rings. The van der Waals surface area contributed by atoms with E-state index in [1.807, 2.05) is 0 Å². The van der Waals surface area contributed by atoms with Gasteiger partial charge < -0.3 is 9.73 Å². The van der Waals surface area contributed by atoms with Crippen LogP contribution in [0.2, 0.25) is 0 Å². The zero-order chi connectivity index (χ0) is 15.5. The van der Waals surface area contributed by atoms with Gasteiger partial charge in [0, 0.05) is 6.04 Å². The number of rotatable bonds is 5. The highest BCUT2D eigenvalue weighted by atomic mass is 32.2. The Kier molecular flexibility index (Phi) is 5.05. The molecule has 1 aliphatic carbocycles. The SMILES string of the molecule is CC[C@H]1CCCC[C@@H]1NC(=O)c1ccc(S(=O)(=O)NC)o1. The molecule has 1 aromatic rings. The predicted molar refractivity (Wildman–Crippen MR) is 78.5 cm³/mol. The highest BCUT2D eigenvalue weighted by Crippen LogP contribution is 2.27. The van der Waals surface area contributed by atoms with Gasteiger partial charge in [-0.25, -0.2) is 13.1 Å².